The average Bonchev–Trinajstić information content (AvgIpc) is 3.10. The van der Waals surface area contributed by atoms with Gasteiger partial charge in [0.2, 0.25) is 0 Å². The van der Waals surface area contributed by atoms with Gasteiger partial charge in [-0.1, -0.05) is 24.3 Å². The first-order valence-corrected chi connectivity index (χ1v) is 7.77. The van der Waals surface area contributed by atoms with E-state index >= 15 is 0 Å². The van der Waals surface area contributed by atoms with Crippen LogP contribution in [-0.2, 0) is 5.54 Å². The van der Waals surface area contributed by atoms with E-state index < -0.39 is 5.54 Å². The highest BCUT2D eigenvalue weighted by atomic mass is 19.1. The molecule has 0 bridgehead atoms. The van der Waals surface area contributed by atoms with E-state index in [9.17, 15) is 8.78 Å². The average molecular weight is 336 g/mol. The summed E-state index contributed by atoms with van der Waals surface area (Å²) in [5.74, 6) is 0.0360. The van der Waals surface area contributed by atoms with Crippen LogP contribution in [0.1, 0.15) is 11.1 Å². The molecule has 2 aromatic carbocycles. The Morgan fingerprint density at radius 3 is 1.96 bits per heavy atom. The third-order valence-corrected chi connectivity index (χ3v) is 4.30. The van der Waals surface area contributed by atoms with Crippen molar-refractivity contribution in [2.45, 2.75) is 5.54 Å². The second kappa shape index (κ2) is 6.05. The zero-order valence-electron chi connectivity index (χ0n) is 13.2. The van der Waals surface area contributed by atoms with Crippen LogP contribution in [0.25, 0.3) is 0 Å². The smallest absolute Gasteiger partial charge is 0.152 e. The van der Waals surface area contributed by atoms with Gasteiger partial charge >= 0.3 is 0 Å². The molecule has 0 saturated carbocycles. The minimum Gasteiger partial charge on any atom is -0.313 e. The molecule has 0 fully saturated rings. The van der Waals surface area contributed by atoms with Crippen LogP contribution < -0.4 is 4.90 Å². The van der Waals surface area contributed by atoms with Gasteiger partial charge in [-0.05, 0) is 35.4 Å². The molecule has 4 nitrogen and oxygen atoms in total. The normalized spacial score (nSPS) is 15.5. The molecule has 1 aliphatic heterocycles. The zero-order valence-corrected chi connectivity index (χ0v) is 13.2. The molecule has 6 heteroatoms. The zero-order chi connectivity index (χ0) is 17.3. The van der Waals surface area contributed by atoms with Crippen LogP contribution in [0.3, 0.4) is 0 Å². The Labute approximate surface area is 143 Å². The van der Waals surface area contributed by atoms with Gasteiger partial charge in [0, 0.05) is 12.4 Å². The molecule has 0 saturated heterocycles. The topological polar surface area (TPSA) is 41.4 Å². The van der Waals surface area contributed by atoms with E-state index in [1.165, 1.54) is 24.3 Å². The van der Waals surface area contributed by atoms with E-state index in [-0.39, 0.29) is 11.6 Å². The second-order valence-corrected chi connectivity index (χ2v) is 5.81. The van der Waals surface area contributed by atoms with Crippen molar-refractivity contribution < 1.29 is 8.78 Å². The lowest BCUT2D eigenvalue weighted by molar-refractivity contribution is 0.573. The predicted octanol–water partition coefficient (Wildman–Crippen LogP) is 3.55. The highest BCUT2D eigenvalue weighted by molar-refractivity contribution is 5.81. The van der Waals surface area contributed by atoms with Crippen LogP contribution in [0.4, 0.5) is 14.6 Å². The van der Waals surface area contributed by atoms with Crippen molar-refractivity contribution in [3.05, 3.63) is 89.9 Å². The summed E-state index contributed by atoms with van der Waals surface area (Å²) in [5, 5.41) is 0. The molecule has 0 radical (unpaired) electrons. The number of hydrogen-bond acceptors (Lipinski definition) is 4. The quantitative estimate of drug-likeness (QED) is 0.734. The van der Waals surface area contributed by atoms with E-state index in [4.69, 9.17) is 4.99 Å². The molecular formula is C19H14F2N4. The van der Waals surface area contributed by atoms with Crippen LogP contribution in [-0.4, -0.2) is 22.9 Å². The summed E-state index contributed by atoms with van der Waals surface area (Å²) < 4.78 is 26.8. The van der Waals surface area contributed by atoms with Gasteiger partial charge in [0.25, 0.3) is 0 Å². The number of hydrogen-bond donors (Lipinski definition) is 0. The minimum absolute atomic E-state index is 0.314. The Balaban J connectivity index is 1.79. The molecular weight excluding hydrogens is 322 g/mol. The van der Waals surface area contributed by atoms with Crippen molar-refractivity contribution >= 4 is 12.2 Å². The van der Waals surface area contributed by atoms with E-state index in [2.05, 4.69) is 9.97 Å². The van der Waals surface area contributed by atoms with Gasteiger partial charge in [-0.2, -0.15) is 0 Å². The molecule has 0 amide bonds. The second-order valence-electron chi connectivity index (χ2n) is 5.81. The summed E-state index contributed by atoms with van der Waals surface area (Å²) in [6.45, 7) is 0.461. The molecule has 3 aromatic rings. The van der Waals surface area contributed by atoms with Gasteiger partial charge in [-0.3, -0.25) is 9.98 Å². The predicted molar refractivity (Wildman–Crippen MR) is 91.5 cm³/mol. The van der Waals surface area contributed by atoms with Gasteiger partial charge in [-0.15, -0.1) is 0 Å². The van der Waals surface area contributed by atoms with E-state index in [0.29, 0.717) is 12.4 Å². The van der Waals surface area contributed by atoms with Crippen LogP contribution in [0, 0.1) is 11.6 Å². The molecule has 0 N–H and O–H groups in total. The van der Waals surface area contributed by atoms with Gasteiger partial charge in [0.05, 0.1) is 19.1 Å². The van der Waals surface area contributed by atoms with Crippen LogP contribution >= 0.6 is 0 Å². The van der Waals surface area contributed by atoms with Crippen molar-refractivity contribution in [2.24, 2.45) is 4.99 Å². The first-order valence-electron chi connectivity index (χ1n) is 7.77. The molecule has 1 aromatic heterocycles. The maximum atomic E-state index is 13.4. The summed E-state index contributed by atoms with van der Waals surface area (Å²) >= 11 is 0. The molecule has 4 rings (SSSR count). The van der Waals surface area contributed by atoms with Gasteiger partial charge in [0.1, 0.15) is 17.2 Å². The lowest BCUT2D eigenvalue weighted by atomic mass is 9.83. The van der Waals surface area contributed by atoms with E-state index in [0.717, 1.165) is 11.1 Å². The molecule has 0 aliphatic carbocycles. The maximum Gasteiger partial charge on any atom is 0.152 e. The first-order chi connectivity index (χ1) is 12.2. The van der Waals surface area contributed by atoms with E-state index in [1.54, 1.807) is 49.2 Å². The van der Waals surface area contributed by atoms with Crippen molar-refractivity contribution in [1.29, 1.82) is 0 Å². The van der Waals surface area contributed by atoms with Crippen molar-refractivity contribution in [2.75, 3.05) is 11.4 Å². The maximum absolute atomic E-state index is 13.4. The molecule has 0 atom stereocenters. The molecule has 0 unspecified atom stereocenters. The lowest BCUT2D eigenvalue weighted by Gasteiger charge is -2.29. The third-order valence-electron chi connectivity index (χ3n) is 4.30. The van der Waals surface area contributed by atoms with Gasteiger partial charge in [0.15, 0.2) is 5.82 Å². The Morgan fingerprint density at radius 2 is 1.44 bits per heavy atom. The van der Waals surface area contributed by atoms with Gasteiger partial charge in [-0.25, -0.2) is 13.8 Å². The number of rotatable bonds is 3. The van der Waals surface area contributed by atoms with Gasteiger partial charge < -0.3 is 4.90 Å². The fourth-order valence-corrected chi connectivity index (χ4v) is 3.03. The van der Waals surface area contributed by atoms with Crippen molar-refractivity contribution in [3.8, 4) is 0 Å². The number of nitrogens with zero attached hydrogens (tertiary/aromatic N) is 4. The first kappa shape index (κ1) is 15.4. The molecule has 25 heavy (non-hydrogen) atoms. The SMILES string of the molecule is Fc1ccc(C2(c3ccc(F)cc3)CN(c3cnccn3)C=N2)cc1. The van der Waals surface area contributed by atoms with Crippen molar-refractivity contribution in [3.63, 3.8) is 0 Å². The van der Waals surface area contributed by atoms with Crippen molar-refractivity contribution in [1.82, 2.24) is 9.97 Å². The molecule has 1 aliphatic rings. The molecule has 2 heterocycles. The number of anilines is 1. The monoisotopic (exact) mass is 336 g/mol. The Hall–Kier alpha value is -3.15. The summed E-state index contributed by atoms with van der Waals surface area (Å²) in [7, 11) is 0. The minimum atomic E-state index is -0.765. The van der Waals surface area contributed by atoms with Crippen LogP contribution in [0.2, 0.25) is 0 Å². The van der Waals surface area contributed by atoms with Crippen LogP contribution in [0.15, 0.2) is 72.1 Å². The fraction of sp³-hybridized carbons (Fsp3) is 0.105. The summed E-state index contributed by atoms with van der Waals surface area (Å²) in [6.07, 6.45) is 6.55. The number of aliphatic imine (C=N–C) groups is 1. The number of halogens is 2. The lowest BCUT2D eigenvalue weighted by Crippen LogP contribution is -2.34. The third kappa shape index (κ3) is 2.76. The summed E-state index contributed by atoms with van der Waals surface area (Å²) in [5.41, 5.74) is 0.880. The van der Waals surface area contributed by atoms with Crippen LogP contribution in [0.5, 0.6) is 0 Å². The number of benzene rings is 2. The highest BCUT2D eigenvalue weighted by Gasteiger charge is 2.39. The molecule has 0 spiro atoms. The Kier molecular flexibility index (Phi) is 3.72. The Bertz CT molecular complexity index is 847. The standard InChI is InChI=1S/C19H14F2N4/c20-16-5-1-14(2-6-16)19(15-3-7-17(21)8-4-15)12-25(13-24-19)18-11-22-9-10-23-18/h1-11,13H,12H2. The highest BCUT2D eigenvalue weighted by Crippen LogP contribution is 2.38. The molecule has 124 valence electrons. The largest absolute Gasteiger partial charge is 0.313 e. The number of aromatic nitrogens is 2. The van der Waals surface area contributed by atoms with E-state index in [1.807, 2.05) is 4.90 Å². The Morgan fingerprint density at radius 1 is 0.840 bits per heavy atom. The fourth-order valence-electron chi connectivity index (χ4n) is 3.03. The summed E-state index contributed by atoms with van der Waals surface area (Å²) in [4.78, 5) is 15.0. The summed E-state index contributed by atoms with van der Waals surface area (Å²) in [6, 6.07) is 12.4.